The van der Waals surface area contributed by atoms with Crippen LogP contribution >= 0.6 is 47.1 Å². The summed E-state index contributed by atoms with van der Waals surface area (Å²) in [4.78, 5) is 11.3. The Balaban J connectivity index is 0.00000200. The summed E-state index contributed by atoms with van der Waals surface area (Å²) in [7, 11) is 0. The average Bonchev–Trinajstić information content (AvgIpc) is 2.86. The standard InChI is InChI=1S/C13H22N4S2.HI/c1-13(2,3)11-16-10(9-19-11)8-15-12(14)17-4-6-18-7-5-17;/h9H,4-8H2,1-3H3,(H2,14,15);1H. The Morgan fingerprint density at radius 3 is 2.60 bits per heavy atom. The largest absolute Gasteiger partial charge is 0.370 e. The van der Waals surface area contributed by atoms with E-state index in [-0.39, 0.29) is 29.4 Å². The molecule has 7 heteroatoms. The highest BCUT2D eigenvalue weighted by Crippen LogP contribution is 2.25. The van der Waals surface area contributed by atoms with Gasteiger partial charge in [0.05, 0.1) is 17.2 Å². The van der Waals surface area contributed by atoms with Crippen molar-refractivity contribution in [3.8, 4) is 0 Å². The van der Waals surface area contributed by atoms with Gasteiger partial charge in [0.1, 0.15) is 0 Å². The first-order valence-electron chi connectivity index (χ1n) is 6.54. The van der Waals surface area contributed by atoms with Gasteiger partial charge in [-0.3, -0.25) is 0 Å². The predicted molar refractivity (Wildman–Crippen MR) is 100 cm³/mol. The number of hydrogen-bond acceptors (Lipinski definition) is 4. The van der Waals surface area contributed by atoms with Gasteiger partial charge in [0.2, 0.25) is 0 Å². The zero-order valence-corrected chi connectivity index (χ0v) is 16.2. The van der Waals surface area contributed by atoms with Crippen LogP contribution in [0.3, 0.4) is 0 Å². The predicted octanol–water partition coefficient (Wildman–Crippen LogP) is 2.92. The number of thioether (sulfide) groups is 1. The van der Waals surface area contributed by atoms with Crippen LogP contribution in [0.2, 0.25) is 0 Å². The van der Waals surface area contributed by atoms with Crippen LogP contribution in [-0.2, 0) is 12.0 Å². The second-order valence-electron chi connectivity index (χ2n) is 5.67. The van der Waals surface area contributed by atoms with Crippen molar-refractivity contribution >= 4 is 53.0 Å². The Labute approximate surface area is 146 Å². The molecule has 2 heterocycles. The minimum atomic E-state index is 0. The van der Waals surface area contributed by atoms with Gasteiger partial charge in [0, 0.05) is 35.4 Å². The molecule has 0 atom stereocenters. The van der Waals surface area contributed by atoms with Gasteiger partial charge in [0.25, 0.3) is 0 Å². The maximum absolute atomic E-state index is 6.03. The minimum Gasteiger partial charge on any atom is -0.370 e. The van der Waals surface area contributed by atoms with Crippen LogP contribution in [0.5, 0.6) is 0 Å². The normalized spacial score (nSPS) is 16.9. The summed E-state index contributed by atoms with van der Waals surface area (Å²) < 4.78 is 0. The smallest absolute Gasteiger partial charge is 0.191 e. The van der Waals surface area contributed by atoms with Crippen molar-refractivity contribution in [2.24, 2.45) is 10.7 Å². The summed E-state index contributed by atoms with van der Waals surface area (Å²) in [6, 6.07) is 0. The van der Waals surface area contributed by atoms with E-state index in [9.17, 15) is 0 Å². The molecule has 1 aromatic heterocycles. The highest BCUT2D eigenvalue weighted by atomic mass is 127. The van der Waals surface area contributed by atoms with Crippen LogP contribution in [0.25, 0.3) is 0 Å². The van der Waals surface area contributed by atoms with Gasteiger partial charge in [-0.05, 0) is 0 Å². The van der Waals surface area contributed by atoms with E-state index in [1.54, 1.807) is 11.3 Å². The summed E-state index contributed by atoms with van der Waals surface area (Å²) in [6.07, 6.45) is 0. The molecule has 0 bridgehead atoms. The lowest BCUT2D eigenvalue weighted by Crippen LogP contribution is -2.42. The summed E-state index contributed by atoms with van der Waals surface area (Å²) in [5.74, 6) is 2.94. The Morgan fingerprint density at radius 1 is 1.40 bits per heavy atom. The summed E-state index contributed by atoms with van der Waals surface area (Å²) >= 11 is 3.68. The molecule has 0 aromatic carbocycles. The lowest BCUT2D eigenvalue weighted by molar-refractivity contribution is 0.455. The Hall–Kier alpha value is -0.0200. The van der Waals surface area contributed by atoms with Crippen molar-refractivity contribution in [2.75, 3.05) is 24.6 Å². The molecule has 0 spiro atoms. The zero-order valence-electron chi connectivity index (χ0n) is 12.3. The van der Waals surface area contributed by atoms with E-state index in [0.29, 0.717) is 12.5 Å². The molecule has 0 radical (unpaired) electrons. The number of halogens is 1. The van der Waals surface area contributed by atoms with E-state index in [1.165, 1.54) is 0 Å². The fourth-order valence-corrected chi connectivity index (χ4v) is 3.58. The molecule has 0 amide bonds. The number of thiazole rings is 1. The van der Waals surface area contributed by atoms with E-state index in [4.69, 9.17) is 5.73 Å². The number of guanidine groups is 1. The van der Waals surface area contributed by atoms with Crippen molar-refractivity contribution in [1.29, 1.82) is 0 Å². The third-order valence-electron chi connectivity index (χ3n) is 2.93. The van der Waals surface area contributed by atoms with Gasteiger partial charge in [-0.1, -0.05) is 20.8 Å². The molecule has 0 saturated carbocycles. The summed E-state index contributed by atoms with van der Waals surface area (Å²) in [5.41, 5.74) is 7.16. The summed E-state index contributed by atoms with van der Waals surface area (Å²) in [5, 5.41) is 3.24. The fraction of sp³-hybridized carbons (Fsp3) is 0.692. The molecule has 4 nitrogen and oxygen atoms in total. The van der Waals surface area contributed by atoms with Crippen molar-refractivity contribution in [3.63, 3.8) is 0 Å². The van der Waals surface area contributed by atoms with Crippen LogP contribution in [0.15, 0.2) is 10.4 Å². The molecule has 1 aromatic rings. The molecule has 0 unspecified atom stereocenters. The van der Waals surface area contributed by atoms with Crippen LogP contribution < -0.4 is 5.73 Å². The number of rotatable bonds is 2. The van der Waals surface area contributed by atoms with Crippen LogP contribution in [0, 0.1) is 0 Å². The Kier molecular flexibility index (Phi) is 7.07. The molecule has 114 valence electrons. The number of aliphatic imine (C=N–C) groups is 1. The molecule has 2 N–H and O–H groups in total. The van der Waals surface area contributed by atoms with Gasteiger partial charge in [0.15, 0.2) is 5.96 Å². The van der Waals surface area contributed by atoms with Crippen molar-refractivity contribution in [3.05, 3.63) is 16.1 Å². The average molecular weight is 426 g/mol. The number of nitrogens with zero attached hydrogens (tertiary/aromatic N) is 3. The third kappa shape index (κ3) is 5.07. The molecule has 0 aliphatic carbocycles. The van der Waals surface area contributed by atoms with Crippen molar-refractivity contribution in [1.82, 2.24) is 9.88 Å². The minimum absolute atomic E-state index is 0. The number of aromatic nitrogens is 1. The van der Waals surface area contributed by atoms with E-state index >= 15 is 0 Å². The quantitative estimate of drug-likeness (QED) is 0.449. The maximum atomic E-state index is 6.03. The second-order valence-corrected chi connectivity index (χ2v) is 7.75. The third-order valence-corrected chi connectivity index (χ3v) is 5.19. The van der Waals surface area contributed by atoms with Crippen LogP contribution in [-0.4, -0.2) is 40.4 Å². The first kappa shape index (κ1) is 18.0. The van der Waals surface area contributed by atoms with Crippen LogP contribution in [0.4, 0.5) is 0 Å². The molecular weight excluding hydrogens is 403 g/mol. The molecule has 1 saturated heterocycles. The van der Waals surface area contributed by atoms with E-state index < -0.39 is 0 Å². The highest BCUT2D eigenvalue weighted by molar-refractivity contribution is 14.0. The first-order valence-corrected chi connectivity index (χ1v) is 8.58. The van der Waals surface area contributed by atoms with Crippen LogP contribution in [0.1, 0.15) is 31.5 Å². The second kappa shape index (κ2) is 7.84. The molecule has 20 heavy (non-hydrogen) atoms. The highest BCUT2D eigenvalue weighted by Gasteiger charge is 2.18. The van der Waals surface area contributed by atoms with Gasteiger partial charge >= 0.3 is 0 Å². The maximum Gasteiger partial charge on any atom is 0.191 e. The lowest BCUT2D eigenvalue weighted by atomic mass is 9.98. The van der Waals surface area contributed by atoms with E-state index in [1.807, 2.05) is 11.8 Å². The molecule has 1 fully saturated rings. The Morgan fingerprint density at radius 2 is 2.05 bits per heavy atom. The Bertz CT molecular complexity index is 447. The van der Waals surface area contributed by atoms with Gasteiger partial charge in [-0.25, -0.2) is 9.98 Å². The van der Waals surface area contributed by atoms with Crippen molar-refractivity contribution < 1.29 is 0 Å². The number of nitrogens with two attached hydrogens (primary N) is 1. The molecule has 1 aliphatic rings. The summed E-state index contributed by atoms with van der Waals surface area (Å²) in [6.45, 7) is 9.13. The molecular formula is C13H23IN4S2. The number of hydrogen-bond donors (Lipinski definition) is 1. The zero-order chi connectivity index (χ0) is 13.9. The topological polar surface area (TPSA) is 54.5 Å². The van der Waals surface area contributed by atoms with Gasteiger partial charge in [-0.15, -0.1) is 35.3 Å². The van der Waals surface area contributed by atoms with E-state index in [0.717, 1.165) is 35.3 Å². The van der Waals surface area contributed by atoms with E-state index in [2.05, 4.69) is 41.0 Å². The monoisotopic (exact) mass is 426 g/mol. The van der Waals surface area contributed by atoms with Crippen molar-refractivity contribution in [2.45, 2.75) is 32.7 Å². The SMILES string of the molecule is CC(C)(C)c1nc(CN=C(N)N2CCSCC2)cs1.I. The first-order chi connectivity index (χ1) is 8.97. The lowest BCUT2D eigenvalue weighted by Gasteiger charge is -2.27. The molecule has 1 aliphatic heterocycles. The molecule has 2 rings (SSSR count). The fourth-order valence-electron chi connectivity index (χ4n) is 1.78. The van der Waals surface area contributed by atoms with Gasteiger partial charge < -0.3 is 10.6 Å². The van der Waals surface area contributed by atoms with Gasteiger partial charge in [-0.2, -0.15) is 11.8 Å².